The highest BCUT2D eigenvalue weighted by atomic mass is 16.5. The lowest BCUT2D eigenvalue weighted by atomic mass is 10.1. The number of rotatable bonds is 4. The average molecular weight is 232 g/mol. The predicted octanol–water partition coefficient (Wildman–Crippen LogP) is 2.88. The van der Waals surface area contributed by atoms with Gasteiger partial charge in [0.15, 0.2) is 0 Å². The van der Waals surface area contributed by atoms with E-state index in [1.54, 1.807) is 7.11 Å². The fraction of sp³-hybridized carbons (Fsp3) is 0.357. The summed E-state index contributed by atoms with van der Waals surface area (Å²) in [6, 6.07) is 8.12. The quantitative estimate of drug-likeness (QED) is 0.591. The lowest BCUT2D eigenvalue weighted by Crippen LogP contribution is -1.90. The molecule has 1 fully saturated rings. The van der Waals surface area contributed by atoms with E-state index in [2.05, 4.69) is 12.1 Å². The minimum atomic E-state index is -0.275. The highest BCUT2D eigenvalue weighted by Crippen LogP contribution is 2.48. The minimum Gasteiger partial charge on any atom is -0.497 e. The van der Waals surface area contributed by atoms with E-state index in [0.29, 0.717) is 11.8 Å². The molecule has 0 bridgehead atoms. The zero-order valence-corrected chi connectivity index (χ0v) is 10.1. The Balaban J connectivity index is 1.89. The predicted molar refractivity (Wildman–Crippen MR) is 64.7 cm³/mol. The normalized spacial score (nSPS) is 22.5. The fourth-order valence-electron chi connectivity index (χ4n) is 1.90. The van der Waals surface area contributed by atoms with Gasteiger partial charge in [0.05, 0.1) is 13.4 Å². The molecule has 2 rings (SSSR count). The summed E-state index contributed by atoms with van der Waals surface area (Å²) < 4.78 is 9.89. The van der Waals surface area contributed by atoms with Gasteiger partial charge in [-0.05, 0) is 42.0 Å². The van der Waals surface area contributed by atoms with Gasteiger partial charge in [0.2, 0.25) is 0 Å². The molecule has 2 atom stereocenters. The van der Waals surface area contributed by atoms with Crippen molar-refractivity contribution >= 4 is 5.97 Å². The Kier molecular flexibility index (Phi) is 3.47. The van der Waals surface area contributed by atoms with Crippen LogP contribution in [0.1, 0.15) is 24.8 Å². The molecule has 0 unspecified atom stereocenters. The van der Waals surface area contributed by atoms with Crippen LogP contribution >= 0.6 is 0 Å². The average Bonchev–Trinajstić information content (AvgIpc) is 3.08. The van der Waals surface area contributed by atoms with Crippen molar-refractivity contribution in [2.45, 2.75) is 19.3 Å². The zero-order valence-electron chi connectivity index (χ0n) is 10.1. The Labute approximate surface area is 101 Å². The summed E-state index contributed by atoms with van der Waals surface area (Å²) in [4.78, 5) is 10.6. The number of benzene rings is 1. The van der Waals surface area contributed by atoms with Gasteiger partial charge in [0.25, 0.3) is 0 Å². The zero-order chi connectivity index (χ0) is 12.3. The summed E-state index contributed by atoms with van der Waals surface area (Å²) in [6.45, 7) is 1.40. The number of methoxy groups -OCH3 is 1. The van der Waals surface area contributed by atoms with Gasteiger partial charge in [-0.25, -0.2) is 0 Å². The van der Waals surface area contributed by atoms with Crippen molar-refractivity contribution in [2.75, 3.05) is 7.11 Å². The molecular formula is C14H16O3. The maximum Gasteiger partial charge on any atom is 0.307 e. The lowest BCUT2D eigenvalue weighted by Gasteiger charge is -2.01. The van der Waals surface area contributed by atoms with Gasteiger partial charge in [0, 0.05) is 6.92 Å². The largest absolute Gasteiger partial charge is 0.497 e. The first kappa shape index (κ1) is 11.7. The van der Waals surface area contributed by atoms with E-state index in [9.17, 15) is 4.79 Å². The Bertz CT molecular complexity index is 420. The van der Waals surface area contributed by atoms with E-state index in [1.807, 2.05) is 18.2 Å². The number of hydrogen-bond donors (Lipinski definition) is 0. The summed E-state index contributed by atoms with van der Waals surface area (Å²) in [5, 5.41) is 0. The second-order valence-corrected chi connectivity index (χ2v) is 4.22. The Morgan fingerprint density at radius 3 is 2.65 bits per heavy atom. The van der Waals surface area contributed by atoms with Crippen LogP contribution < -0.4 is 4.74 Å². The molecule has 0 aromatic heterocycles. The first-order valence-electron chi connectivity index (χ1n) is 5.68. The van der Waals surface area contributed by atoms with Crippen molar-refractivity contribution in [2.24, 2.45) is 5.92 Å². The summed E-state index contributed by atoms with van der Waals surface area (Å²) >= 11 is 0. The Hall–Kier alpha value is -1.77. The smallest absolute Gasteiger partial charge is 0.307 e. The molecule has 0 heterocycles. The molecule has 0 amide bonds. The first-order chi connectivity index (χ1) is 8.20. The SMILES string of the molecule is COc1ccc([C@H]2C[C@@H]2/C=C\OC(C)=O)cc1. The van der Waals surface area contributed by atoms with Gasteiger partial charge in [-0.2, -0.15) is 0 Å². The second-order valence-electron chi connectivity index (χ2n) is 4.22. The van der Waals surface area contributed by atoms with Crippen LogP contribution in [0.15, 0.2) is 36.6 Å². The molecule has 1 saturated carbocycles. The topological polar surface area (TPSA) is 35.5 Å². The van der Waals surface area contributed by atoms with Crippen LogP contribution in [0.2, 0.25) is 0 Å². The van der Waals surface area contributed by atoms with Crippen LogP contribution in [-0.2, 0) is 9.53 Å². The van der Waals surface area contributed by atoms with E-state index in [0.717, 1.165) is 12.2 Å². The van der Waals surface area contributed by atoms with Crippen LogP contribution in [0, 0.1) is 5.92 Å². The molecule has 90 valence electrons. The van der Waals surface area contributed by atoms with Gasteiger partial charge >= 0.3 is 5.97 Å². The molecule has 0 spiro atoms. The third-order valence-corrected chi connectivity index (χ3v) is 2.94. The van der Waals surface area contributed by atoms with Crippen LogP contribution in [0.25, 0.3) is 0 Å². The number of allylic oxidation sites excluding steroid dienone is 1. The molecule has 0 N–H and O–H groups in total. The van der Waals surface area contributed by atoms with Crippen molar-refractivity contribution in [3.05, 3.63) is 42.2 Å². The summed E-state index contributed by atoms with van der Waals surface area (Å²) in [5.41, 5.74) is 1.31. The number of carbonyl (C=O) groups excluding carboxylic acids is 1. The van der Waals surface area contributed by atoms with E-state index < -0.39 is 0 Å². The molecule has 0 aliphatic heterocycles. The van der Waals surface area contributed by atoms with Crippen molar-refractivity contribution in [1.82, 2.24) is 0 Å². The molecule has 3 heteroatoms. The van der Waals surface area contributed by atoms with E-state index >= 15 is 0 Å². The van der Waals surface area contributed by atoms with E-state index in [4.69, 9.17) is 9.47 Å². The molecule has 0 saturated heterocycles. The van der Waals surface area contributed by atoms with Gasteiger partial charge in [-0.3, -0.25) is 4.79 Å². The maximum absolute atomic E-state index is 10.6. The molecule has 0 radical (unpaired) electrons. The number of ether oxygens (including phenoxy) is 2. The third kappa shape index (κ3) is 3.09. The van der Waals surface area contributed by atoms with Gasteiger partial charge in [-0.15, -0.1) is 0 Å². The molecule has 1 aromatic rings. The van der Waals surface area contributed by atoms with Crippen LogP contribution in [0.3, 0.4) is 0 Å². The number of carbonyl (C=O) groups is 1. The number of esters is 1. The van der Waals surface area contributed by atoms with E-state index in [-0.39, 0.29) is 5.97 Å². The first-order valence-corrected chi connectivity index (χ1v) is 5.68. The molecule has 1 aliphatic rings. The van der Waals surface area contributed by atoms with Crippen molar-refractivity contribution in [3.8, 4) is 5.75 Å². The van der Waals surface area contributed by atoms with Gasteiger partial charge < -0.3 is 9.47 Å². The number of hydrogen-bond acceptors (Lipinski definition) is 3. The van der Waals surface area contributed by atoms with Crippen molar-refractivity contribution in [3.63, 3.8) is 0 Å². The lowest BCUT2D eigenvalue weighted by molar-refractivity contribution is -0.135. The summed E-state index contributed by atoms with van der Waals surface area (Å²) in [6.07, 6.45) is 4.57. The molecule has 1 aliphatic carbocycles. The molecule has 3 nitrogen and oxygen atoms in total. The van der Waals surface area contributed by atoms with Crippen molar-refractivity contribution < 1.29 is 14.3 Å². The van der Waals surface area contributed by atoms with Gasteiger partial charge in [-0.1, -0.05) is 12.1 Å². The van der Waals surface area contributed by atoms with Crippen LogP contribution in [0.5, 0.6) is 5.75 Å². The Morgan fingerprint density at radius 2 is 2.06 bits per heavy atom. The molecular weight excluding hydrogens is 216 g/mol. The third-order valence-electron chi connectivity index (χ3n) is 2.94. The standard InChI is InChI=1S/C14H16O3/c1-10(15)17-8-7-12-9-14(12)11-3-5-13(16-2)6-4-11/h3-8,12,14H,9H2,1-2H3/b8-7-/t12-,14+/m0/s1. The second kappa shape index (κ2) is 5.04. The minimum absolute atomic E-state index is 0.275. The fourth-order valence-corrected chi connectivity index (χ4v) is 1.90. The van der Waals surface area contributed by atoms with E-state index in [1.165, 1.54) is 18.7 Å². The Morgan fingerprint density at radius 1 is 1.35 bits per heavy atom. The van der Waals surface area contributed by atoms with Gasteiger partial charge in [0.1, 0.15) is 5.75 Å². The molecule has 1 aromatic carbocycles. The summed E-state index contributed by atoms with van der Waals surface area (Å²) in [7, 11) is 1.66. The summed E-state index contributed by atoms with van der Waals surface area (Å²) in [5.74, 6) is 1.64. The monoisotopic (exact) mass is 232 g/mol. The van der Waals surface area contributed by atoms with Crippen molar-refractivity contribution in [1.29, 1.82) is 0 Å². The highest BCUT2D eigenvalue weighted by Gasteiger charge is 2.36. The molecule has 17 heavy (non-hydrogen) atoms. The van der Waals surface area contributed by atoms with Crippen LogP contribution in [-0.4, -0.2) is 13.1 Å². The van der Waals surface area contributed by atoms with Crippen LogP contribution in [0.4, 0.5) is 0 Å². The maximum atomic E-state index is 10.6. The highest BCUT2D eigenvalue weighted by molar-refractivity contribution is 5.66.